The van der Waals surface area contributed by atoms with Crippen LogP contribution in [0.3, 0.4) is 0 Å². The summed E-state index contributed by atoms with van der Waals surface area (Å²) in [6, 6.07) is 7.03. The maximum atomic E-state index is 12.8. The van der Waals surface area contributed by atoms with Crippen LogP contribution in [0.2, 0.25) is 0 Å². The monoisotopic (exact) mass is 341 g/mol. The second kappa shape index (κ2) is 6.58. The largest absolute Gasteiger partial charge is 0.472 e. The van der Waals surface area contributed by atoms with Crippen molar-refractivity contribution in [3.63, 3.8) is 0 Å². The van der Waals surface area contributed by atoms with Gasteiger partial charge in [-0.1, -0.05) is 0 Å². The van der Waals surface area contributed by atoms with Gasteiger partial charge in [-0.15, -0.1) is 0 Å². The smallest absolute Gasteiger partial charge is 0.254 e. The van der Waals surface area contributed by atoms with Crippen molar-refractivity contribution in [3.05, 3.63) is 41.9 Å². The zero-order valence-corrected chi connectivity index (χ0v) is 14.0. The van der Waals surface area contributed by atoms with E-state index in [2.05, 4.69) is 9.97 Å². The van der Waals surface area contributed by atoms with E-state index in [0.29, 0.717) is 35.3 Å². The highest BCUT2D eigenvalue weighted by molar-refractivity contribution is 5.95. The highest BCUT2D eigenvalue weighted by atomic mass is 16.7. The molecule has 2 aliphatic rings. The summed E-state index contributed by atoms with van der Waals surface area (Å²) in [7, 11) is 0. The Bertz CT molecular complexity index is 796. The summed E-state index contributed by atoms with van der Waals surface area (Å²) < 4.78 is 16.6. The fourth-order valence-corrected chi connectivity index (χ4v) is 3.10. The molecule has 7 heteroatoms. The Kier molecular flexibility index (Phi) is 4.13. The third kappa shape index (κ3) is 3.35. The van der Waals surface area contributed by atoms with Crippen molar-refractivity contribution < 1.29 is 19.0 Å². The van der Waals surface area contributed by atoms with E-state index in [9.17, 15) is 4.79 Å². The predicted octanol–water partition coefficient (Wildman–Crippen LogP) is 2.20. The summed E-state index contributed by atoms with van der Waals surface area (Å²) >= 11 is 0. The van der Waals surface area contributed by atoms with E-state index in [0.717, 1.165) is 19.4 Å². The summed E-state index contributed by atoms with van der Waals surface area (Å²) in [5, 5.41) is 0. The molecular formula is C18H19N3O4. The minimum atomic E-state index is -0.0685. The molecule has 25 heavy (non-hydrogen) atoms. The number of benzene rings is 1. The number of ether oxygens (including phenoxy) is 3. The molecule has 1 saturated heterocycles. The summed E-state index contributed by atoms with van der Waals surface area (Å²) in [5.41, 5.74) is 0.600. The number of amides is 1. The maximum absolute atomic E-state index is 12.8. The van der Waals surface area contributed by atoms with Crippen molar-refractivity contribution in [1.82, 2.24) is 14.9 Å². The Hall–Kier alpha value is -2.83. The van der Waals surface area contributed by atoms with Crippen molar-refractivity contribution in [2.45, 2.75) is 25.9 Å². The van der Waals surface area contributed by atoms with Crippen LogP contribution in [0.15, 0.2) is 30.5 Å². The Morgan fingerprint density at radius 1 is 1.28 bits per heavy atom. The number of hydrogen-bond acceptors (Lipinski definition) is 6. The van der Waals surface area contributed by atoms with Gasteiger partial charge in [-0.05, 0) is 38.0 Å². The molecule has 2 aromatic rings. The number of aryl methyl sites for hydroxylation is 1. The normalized spacial score (nSPS) is 18.9. The second-order valence-electron chi connectivity index (χ2n) is 6.14. The fraction of sp³-hybridized carbons (Fsp3) is 0.389. The zero-order chi connectivity index (χ0) is 17.2. The summed E-state index contributed by atoms with van der Waals surface area (Å²) in [5.74, 6) is 2.49. The van der Waals surface area contributed by atoms with Crippen LogP contribution in [0.1, 0.15) is 29.0 Å². The van der Waals surface area contributed by atoms with Gasteiger partial charge in [0.2, 0.25) is 12.7 Å². The molecule has 7 nitrogen and oxygen atoms in total. The van der Waals surface area contributed by atoms with E-state index < -0.39 is 0 Å². The molecule has 1 aromatic carbocycles. The van der Waals surface area contributed by atoms with Crippen molar-refractivity contribution in [2.24, 2.45) is 0 Å². The Morgan fingerprint density at radius 3 is 3.04 bits per heavy atom. The number of carbonyl (C=O) groups excluding carboxylic acids is 1. The van der Waals surface area contributed by atoms with Gasteiger partial charge in [0.1, 0.15) is 11.9 Å². The molecule has 0 radical (unpaired) electrons. The lowest BCUT2D eigenvalue weighted by atomic mass is 10.1. The summed E-state index contributed by atoms with van der Waals surface area (Å²) in [4.78, 5) is 23.0. The molecular weight excluding hydrogens is 322 g/mol. The Balaban J connectivity index is 1.44. The van der Waals surface area contributed by atoms with E-state index in [1.807, 2.05) is 11.8 Å². The Labute approximate surface area is 145 Å². The van der Waals surface area contributed by atoms with Gasteiger partial charge < -0.3 is 19.1 Å². The van der Waals surface area contributed by atoms with E-state index in [-0.39, 0.29) is 18.8 Å². The molecule has 0 N–H and O–H groups in total. The third-order valence-corrected chi connectivity index (χ3v) is 4.32. The quantitative estimate of drug-likeness (QED) is 0.852. The third-order valence-electron chi connectivity index (χ3n) is 4.32. The molecule has 1 fully saturated rings. The number of aromatic nitrogens is 2. The number of rotatable bonds is 3. The van der Waals surface area contributed by atoms with E-state index >= 15 is 0 Å². The highest BCUT2D eigenvalue weighted by Crippen LogP contribution is 2.33. The van der Waals surface area contributed by atoms with Crippen molar-refractivity contribution in [1.29, 1.82) is 0 Å². The number of hydrogen-bond donors (Lipinski definition) is 0. The lowest BCUT2D eigenvalue weighted by Crippen LogP contribution is -2.44. The highest BCUT2D eigenvalue weighted by Gasteiger charge is 2.27. The molecule has 1 unspecified atom stereocenters. The molecule has 2 aliphatic heterocycles. The average Bonchev–Trinajstić information content (AvgIpc) is 3.09. The van der Waals surface area contributed by atoms with Gasteiger partial charge in [0, 0.05) is 24.4 Å². The van der Waals surface area contributed by atoms with E-state index in [1.165, 1.54) is 0 Å². The average molecular weight is 341 g/mol. The molecule has 0 bridgehead atoms. The predicted molar refractivity (Wildman–Crippen MR) is 88.9 cm³/mol. The minimum Gasteiger partial charge on any atom is -0.472 e. The Morgan fingerprint density at radius 2 is 2.16 bits per heavy atom. The maximum Gasteiger partial charge on any atom is 0.254 e. The second-order valence-corrected chi connectivity index (χ2v) is 6.14. The van der Waals surface area contributed by atoms with Gasteiger partial charge >= 0.3 is 0 Å². The molecule has 0 aliphatic carbocycles. The number of piperidine rings is 1. The molecule has 1 aromatic heterocycles. The van der Waals surface area contributed by atoms with Gasteiger partial charge in [-0.2, -0.15) is 4.98 Å². The molecule has 130 valence electrons. The molecule has 0 spiro atoms. The van der Waals surface area contributed by atoms with Gasteiger partial charge in [-0.25, -0.2) is 4.98 Å². The van der Waals surface area contributed by atoms with Crippen LogP contribution < -0.4 is 14.2 Å². The lowest BCUT2D eigenvalue weighted by Gasteiger charge is -2.32. The van der Waals surface area contributed by atoms with Crippen LogP contribution in [-0.4, -0.2) is 46.8 Å². The summed E-state index contributed by atoms with van der Waals surface area (Å²) in [6.07, 6.45) is 3.40. The molecule has 1 atom stereocenters. The molecule has 0 saturated carbocycles. The lowest BCUT2D eigenvalue weighted by molar-refractivity contribution is 0.0526. The topological polar surface area (TPSA) is 73.8 Å². The first-order chi connectivity index (χ1) is 12.2. The molecule has 1 amide bonds. The first-order valence-electron chi connectivity index (χ1n) is 8.34. The van der Waals surface area contributed by atoms with Crippen LogP contribution in [0.5, 0.6) is 17.4 Å². The van der Waals surface area contributed by atoms with Crippen molar-refractivity contribution in [3.8, 4) is 17.4 Å². The van der Waals surface area contributed by atoms with Crippen LogP contribution >= 0.6 is 0 Å². The van der Waals surface area contributed by atoms with Gasteiger partial charge in [0.15, 0.2) is 11.5 Å². The van der Waals surface area contributed by atoms with Crippen LogP contribution in [0.4, 0.5) is 0 Å². The van der Waals surface area contributed by atoms with E-state index in [4.69, 9.17) is 14.2 Å². The fourth-order valence-electron chi connectivity index (χ4n) is 3.10. The van der Waals surface area contributed by atoms with Gasteiger partial charge in [0.25, 0.3) is 5.91 Å². The zero-order valence-electron chi connectivity index (χ0n) is 14.0. The standard InChI is InChI=1S/C18H19N3O4/c1-12-19-7-6-17(20-12)25-14-3-2-8-21(10-14)18(22)13-4-5-15-16(9-13)24-11-23-15/h4-7,9,14H,2-3,8,10-11H2,1H3. The van der Waals surface area contributed by atoms with Crippen molar-refractivity contribution in [2.75, 3.05) is 19.9 Å². The molecule has 3 heterocycles. The van der Waals surface area contributed by atoms with E-state index in [1.54, 1.807) is 30.5 Å². The van der Waals surface area contributed by atoms with Gasteiger partial charge in [0.05, 0.1) is 6.54 Å². The van der Waals surface area contributed by atoms with Crippen LogP contribution in [0.25, 0.3) is 0 Å². The first-order valence-corrected chi connectivity index (χ1v) is 8.34. The number of fused-ring (bicyclic) bond motifs is 1. The molecule has 4 rings (SSSR count). The minimum absolute atomic E-state index is 0.0227. The number of likely N-dealkylation sites (tertiary alicyclic amines) is 1. The van der Waals surface area contributed by atoms with Crippen molar-refractivity contribution >= 4 is 5.91 Å². The van der Waals surface area contributed by atoms with Crippen LogP contribution in [0, 0.1) is 6.92 Å². The SMILES string of the molecule is Cc1nccc(OC2CCCN(C(=O)c3ccc4c(c3)OCO4)C2)n1. The number of carbonyl (C=O) groups is 1. The number of nitrogens with zero attached hydrogens (tertiary/aromatic N) is 3. The van der Waals surface area contributed by atoms with Crippen LogP contribution in [-0.2, 0) is 0 Å². The first kappa shape index (κ1) is 15.7. The summed E-state index contributed by atoms with van der Waals surface area (Å²) in [6.45, 7) is 3.28. The van der Waals surface area contributed by atoms with Gasteiger partial charge in [-0.3, -0.25) is 4.79 Å².